The summed E-state index contributed by atoms with van der Waals surface area (Å²) in [7, 11) is 0. The van der Waals surface area contributed by atoms with E-state index >= 15 is 0 Å². The molecule has 0 spiro atoms. The topological polar surface area (TPSA) is 89.6 Å². The van der Waals surface area contributed by atoms with Crippen LogP contribution in [0.1, 0.15) is 85.5 Å². The molecule has 5 heteroatoms. The van der Waals surface area contributed by atoms with Crippen LogP contribution in [0.5, 0.6) is 0 Å². The second-order valence-electron chi connectivity index (χ2n) is 9.10. The third kappa shape index (κ3) is 6.95. The molecule has 0 aliphatic carbocycles. The van der Waals surface area contributed by atoms with E-state index in [1.54, 1.807) is 19.1 Å². The van der Waals surface area contributed by atoms with Gasteiger partial charge in [-0.3, -0.25) is 9.59 Å². The number of primary amides is 1. The molecule has 0 radical (unpaired) electrons. The van der Waals surface area contributed by atoms with Gasteiger partial charge in [-0.25, -0.2) is 0 Å². The summed E-state index contributed by atoms with van der Waals surface area (Å²) < 4.78 is 0. The minimum Gasteiger partial charge on any atom is -0.366 e. The van der Waals surface area contributed by atoms with E-state index in [0.717, 1.165) is 33.0 Å². The molecule has 0 aliphatic heterocycles. The normalized spacial score (nSPS) is 12.0. The van der Waals surface area contributed by atoms with E-state index in [4.69, 9.17) is 5.73 Å². The zero-order valence-electron chi connectivity index (χ0n) is 21.6. The summed E-state index contributed by atoms with van der Waals surface area (Å²) in [5.74, 6) is -0.290. The lowest BCUT2D eigenvalue weighted by Gasteiger charge is -2.18. The summed E-state index contributed by atoms with van der Waals surface area (Å²) in [6.45, 7) is 12.1. The maximum Gasteiger partial charge on any atom is 0.248 e. The zero-order chi connectivity index (χ0) is 26.1. The third-order valence-electron chi connectivity index (χ3n) is 6.04. The first-order valence-corrected chi connectivity index (χ1v) is 12.1. The van der Waals surface area contributed by atoms with Crippen LogP contribution in [0.4, 0.5) is 5.69 Å². The minimum absolute atomic E-state index is 0.0638. The van der Waals surface area contributed by atoms with Crippen LogP contribution in [-0.4, -0.2) is 11.7 Å². The lowest BCUT2D eigenvalue weighted by molar-refractivity contribution is -0.115. The standard InChI is InChI=1S/C27H28N2O3.C3H8/c1-16-9-11-20(27(28)31)15-21(16)13-18(3)25(30)12-10-17(2)26-19(4)14-24(29-32)22-7-5-6-8-23(22)26;1-3-2/h5-9,11,13-15,17H,10,12H2,1-4H3,(H2,28,31);3H2,1-2H3/b18-13+;/t17-;/m1./s1. The number of nitrogens with zero attached hydrogens (tertiary/aromatic N) is 1. The van der Waals surface area contributed by atoms with Gasteiger partial charge in [0.05, 0.1) is 0 Å². The number of Topliss-reactive ketones (excluding diaryl/α,β-unsaturated/α-hetero) is 1. The molecule has 0 bridgehead atoms. The van der Waals surface area contributed by atoms with Gasteiger partial charge in [-0.15, -0.1) is 4.91 Å². The molecule has 3 aromatic rings. The molecule has 0 aliphatic rings. The highest BCUT2D eigenvalue weighted by Crippen LogP contribution is 2.37. The summed E-state index contributed by atoms with van der Waals surface area (Å²) in [5.41, 5.74) is 10.8. The van der Waals surface area contributed by atoms with Crippen LogP contribution in [0.3, 0.4) is 0 Å². The Labute approximate surface area is 208 Å². The molecule has 1 amide bonds. The fraction of sp³-hybridized carbons (Fsp3) is 0.333. The van der Waals surface area contributed by atoms with Crippen LogP contribution in [0, 0.1) is 18.8 Å². The lowest BCUT2D eigenvalue weighted by Crippen LogP contribution is -2.11. The van der Waals surface area contributed by atoms with Crippen molar-refractivity contribution in [2.45, 2.75) is 66.7 Å². The number of hydrogen-bond acceptors (Lipinski definition) is 4. The Kier molecular flexibility index (Phi) is 10.1. The second-order valence-corrected chi connectivity index (χ2v) is 9.10. The fourth-order valence-corrected chi connectivity index (χ4v) is 4.20. The molecule has 3 rings (SSSR count). The van der Waals surface area contributed by atoms with Crippen molar-refractivity contribution in [3.63, 3.8) is 0 Å². The third-order valence-corrected chi connectivity index (χ3v) is 6.04. The molecule has 35 heavy (non-hydrogen) atoms. The number of carbonyl (C=O) groups is 2. The van der Waals surface area contributed by atoms with Gasteiger partial charge < -0.3 is 5.73 Å². The molecule has 0 unspecified atom stereocenters. The quantitative estimate of drug-likeness (QED) is 0.267. The van der Waals surface area contributed by atoms with Gasteiger partial charge in [0.15, 0.2) is 5.78 Å². The number of benzene rings is 3. The summed E-state index contributed by atoms with van der Waals surface area (Å²) >= 11 is 0. The van der Waals surface area contributed by atoms with E-state index in [9.17, 15) is 14.5 Å². The molecule has 0 saturated carbocycles. The van der Waals surface area contributed by atoms with Crippen LogP contribution < -0.4 is 5.73 Å². The van der Waals surface area contributed by atoms with E-state index in [-0.39, 0.29) is 11.7 Å². The summed E-state index contributed by atoms with van der Waals surface area (Å²) in [6, 6.07) is 14.8. The average molecular weight is 473 g/mol. The van der Waals surface area contributed by atoms with Crippen LogP contribution in [0.15, 0.2) is 59.3 Å². The van der Waals surface area contributed by atoms with Gasteiger partial charge in [-0.1, -0.05) is 57.5 Å². The van der Waals surface area contributed by atoms with Gasteiger partial charge in [-0.2, -0.15) is 0 Å². The number of fused-ring (bicyclic) bond motifs is 1. The van der Waals surface area contributed by atoms with Crippen molar-refractivity contribution < 1.29 is 9.59 Å². The van der Waals surface area contributed by atoms with Gasteiger partial charge in [0.25, 0.3) is 0 Å². The molecular formula is C30H36N2O3. The van der Waals surface area contributed by atoms with Gasteiger partial charge in [0, 0.05) is 17.4 Å². The molecule has 1 atom stereocenters. The summed E-state index contributed by atoms with van der Waals surface area (Å²) in [4.78, 5) is 35.6. The first-order chi connectivity index (χ1) is 16.6. The largest absolute Gasteiger partial charge is 0.366 e. The van der Waals surface area contributed by atoms with Crippen molar-refractivity contribution >= 4 is 34.2 Å². The van der Waals surface area contributed by atoms with Gasteiger partial charge in [0.2, 0.25) is 5.91 Å². The highest BCUT2D eigenvalue weighted by atomic mass is 16.3. The Morgan fingerprint density at radius 3 is 2.23 bits per heavy atom. The Bertz CT molecular complexity index is 1260. The lowest BCUT2D eigenvalue weighted by atomic mass is 9.86. The van der Waals surface area contributed by atoms with Crippen molar-refractivity contribution in [2.24, 2.45) is 10.9 Å². The predicted octanol–water partition coefficient (Wildman–Crippen LogP) is 7.93. The molecule has 3 aromatic carbocycles. The maximum absolute atomic E-state index is 12.8. The highest BCUT2D eigenvalue weighted by Gasteiger charge is 2.17. The number of allylic oxidation sites excluding steroid dienone is 1. The van der Waals surface area contributed by atoms with Crippen LogP contribution >= 0.6 is 0 Å². The molecule has 2 N–H and O–H groups in total. The number of amides is 1. The smallest absolute Gasteiger partial charge is 0.248 e. The van der Waals surface area contributed by atoms with Crippen molar-refractivity contribution in [1.29, 1.82) is 0 Å². The number of nitroso groups, excluding NO2 is 1. The van der Waals surface area contributed by atoms with Crippen molar-refractivity contribution in [1.82, 2.24) is 0 Å². The monoisotopic (exact) mass is 472 g/mol. The Morgan fingerprint density at radius 2 is 1.63 bits per heavy atom. The van der Waals surface area contributed by atoms with Crippen LogP contribution in [0.2, 0.25) is 0 Å². The average Bonchev–Trinajstić information content (AvgIpc) is 2.83. The zero-order valence-corrected chi connectivity index (χ0v) is 21.6. The summed E-state index contributed by atoms with van der Waals surface area (Å²) in [5, 5.41) is 5.02. The molecule has 0 fully saturated rings. The first kappa shape index (κ1) is 27.6. The number of hydrogen-bond donors (Lipinski definition) is 1. The number of aryl methyl sites for hydroxylation is 2. The van der Waals surface area contributed by atoms with Crippen LogP contribution in [-0.2, 0) is 4.79 Å². The maximum atomic E-state index is 12.8. The number of carbonyl (C=O) groups excluding carboxylic acids is 2. The van der Waals surface area contributed by atoms with Crippen molar-refractivity contribution in [3.05, 3.63) is 86.8 Å². The van der Waals surface area contributed by atoms with Crippen molar-refractivity contribution in [3.8, 4) is 0 Å². The Morgan fingerprint density at radius 1 is 1.00 bits per heavy atom. The minimum atomic E-state index is -0.490. The molecule has 184 valence electrons. The predicted molar refractivity (Wildman–Crippen MR) is 146 cm³/mol. The van der Waals surface area contributed by atoms with E-state index in [2.05, 4.69) is 25.9 Å². The van der Waals surface area contributed by atoms with Gasteiger partial charge in [0.1, 0.15) is 5.69 Å². The molecule has 0 aromatic heterocycles. The second kappa shape index (κ2) is 12.7. The van der Waals surface area contributed by atoms with E-state index < -0.39 is 5.91 Å². The van der Waals surface area contributed by atoms with Gasteiger partial charge >= 0.3 is 0 Å². The SMILES string of the molecule is C/C(=C\c1cc(C(N)=O)ccc1C)C(=O)CC[C@@H](C)c1c(C)cc(N=O)c2ccccc12.CCC. The van der Waals surface area contributed by atoms with E-state index in [1.165, 1.54) is 6.42 Å². The van der Waals surface area contributed by atoms with Crippen LogP contribution in [0.25, 0.3) is 16.8 Å². The van der Waals surface area contributed by atoms with Crippen molar-refractivity contribution in [2.75, 3.05) is 0 Å². The number of ketones is 1. The summed E-state index contributed by atoms with van der Waals surface area (Å²) in [6.07, 6.45) is 4.16. The van der Waals surface area contributed by atoms with E-state index in [0.29, 0.717) is 29.7 Å². The first-order valence-electron chi connectivity index (χ1n) is 12.1. The number of rotatable bonds is 8. The number of nitrogens with two attached hydrogens (primary N) is 1. The fourth-order valence-electron chi connectivity index (χ4n) is 4.20. The van der Waals surface area contributed by atoms with Gasteiger partial charge in [-0.05, 0) is 95.8 Å². The Hall–Kier alpha value is -3.60. The molecular weight excluding hydrogens is 436 g/mol. The Balaban J connectivity index is 0.00000137. The molecule has 0 saturated heterocycles. The molecule has 5 nitrogen and oxygen atoms in total. The highest BCUT2D eigenvalue weighted by molar-refractivity contribution is 6.00. The van der Waals surface area contributed by atoms with E-state index in [1.807, 2.05) is 56.3 Å². The molecule has 0 heterocycles.